The number of sulfonamides is 1. The summed E-state index contributed by atoms with van der Waals surface area (Å²) in [4.78, 5) is 20.8. The van der Waals surface area contributed by atoms with Gasteiger partial charge in [-0.05, 0) is 31.2 Å². The van der Waals surface area contributed by atoms with Crippen LogP contribution >= 0.6 is 0 Å². The third-order valence-electron chi connectivity index (χ3n) is 4.72. The SMILES string of the molecule is Cc1ccc([N+](=O)[O-])cc1S(=O)(=O)NCC1CCN(c2cnccn2)CC1. The number of non-ortho nitro benzene ring substituents is 1. The zero-order valence-corrected chi connectivity index (χ0v) is 15.7. The molecule has 10 heteroatoms. The van der Waals surface area contributed by atoms with Crippen LogP contribution in [0.5, 0.6) is 0 Å². The Balaban J connectivity index is 1.60. The van der Waals surface area contributed by atoms with Crippen molar-refractivity contribution >= 4 is 21.5 Å². The van der Waals surface area contributed by atoms with E-state index in [2.05, 4.69) is 19.6 Å². The normalized spacial score (nSPS) is 15.7. The molecule has 1 aliphatic heterocycles. The predicted molar refractivity (Wildman–Crippen MR) is 100.0 cm³/mol. The molecule has 0 saturated carbocycles. The van der Waals surface area contributed by atoms with Gasteiger partial charge in [0.15, 0.2) is 0 Å². The van der Waals surface area contributed by atoms with Crippen LogP contribution in [-0.2, 0) is 10.0 Å². The van der Waals surface area contributed by atoms with Gasteiger partial charge in [0.05, 0.1) is 16.0 Å². The lowest BCUT2D eigenvalue weighted by Crippen LogP contribution is -2.39. The Labute approximate surface area is 157 Å². The number of rotatable bonds is 6. The second-order valence-corrected chi connectivity index (χ2v) is 8.29. The molecule has 0 atom stereocenters. The lowest BCUT2D eigenvalue weighted by molar-refractivity contribution is -0.385. The predicted octanol–water partition coefficient (Wildman–Crippen LogP) is 1.89. The monoisotopic (exact) mass is 391 g/mol. The highest BCUT2D eigenvalue weighted by atomic mass is 32.2. The fourth-order valence-corrected chi connectivity index (χ4v) is 4.50. The number of benzene rings is 1. The van der Waals surface area contributed by atoms with Gasteiger partial charge in [-0.15, -0.1) is 0 Å². The minimum absolute atomic E-state index is 0.0475. The van der Waals surface area contributed by atoms with Crippen molar-refractivity contribution in [3.63, 3.8) is 0 Å². The Hall–Kier alpha value is -2.59. The highest BCUT2D eigenvalue weighted by Gasteiger charge is 2.24. The molecule has 2 heterocycles. The molecule has 1 aromatic carbocycles. The van der Waals surface area contributed by atoms with E-state index in [1.54, 1.807) is 25.5 Å². The van der Waals surface area contributed by atoms with Crippen molar-refractivity contribution in [3.8, 4) is 0 Å². The van der Waals surface area contributed by atoms with E-state index >= 15 is 0 Å². The number of aryl methyl sites for hydroxylation is 1. The number of nitrogens with zero attached hydrogens (tertiary/aromatic N) is 4. The maximum absolute atomic E-state index is 12.6. The van der Waals surface area contributed by atoms with Crippen molar-refractivity contribution in [1.82, 2.24) is 14.7 Å². The summed E-state index contributed by atoms with van der Waals surface area (Å²) in [5.74, 6) is 1.02. The maximum atomic E-state index is 12.6. The fourth-order valence-electron chi connectivity index (χ4n) is 3.12. The molecular formula is C17H21N5O4S. The molecular weight excluding hydrogens is 370 g/mol. The smallest absolute Gasteiger partial charge is 0.270 e. The lowest BCUT2D eigenvalue weighted by Gasteiger charge is -2.32. The number of aromatic nitrogens is 2. The topological polar surface area (TPSA) is 118 Å². The molecule has 1 N–H and O–H groups in total. The first kappa shape index (κ1) is 19.2. The van der Waals surface area contributed by atoms with Gasteiger partial charge in [-0.1, -0.05) is 6.07 Å². The number of hydrogen-bond acceptors (Lipinski definition) is 7. The first-order chi connectivity index (χ1) is 12.9. The van der Waals surface area contributed by atoms with E-state index in [4.69, 9.17) is 0 Å². The van der Waals surface area contributed by atoms with E-state index in [1.807, 2.05) is 0 Å². The van der Waals surface area contributed by atoms with E-state index in [9.17, 15) is 18.5 Å². The summed E-state index contributed by atoms with van der Waals surface area (Å²) in [7, 11) is -3.80. The second-order valence-electron chi connectivity index (χ2n) is 6.55. The van der Waals surface area contributed by atoms with Crippen molar-refractivity contribution in [2.75, 3.05) is 24.5 Å². The third kappa shape index (κ3) is 4.58. The third-order valence-corrected chi connectivity index (χ3v) is 6.29. The number of nitrogens with one attached hydrogen (secondary N) is 1. The van der Waals surface area contributed by atoms with Crippen LogP contribution < -0.4 is 9.62 Å². The molecule has 0 bridgehead atoms. The lowest BCUT2D eigenvalue weighted by atomic mass is 9.97. The highest BCUT2D eigenvalue weighted by molar-refractivity contribution is 7.89. The molecule has 0 spiro atoms. The van der Waals surface area contributed by atoms with E-state index in [-0.39, 0.29) is 16.5 Å². The van der Waals surface area contributed by atoms with Crippen LogP contribution in [-0.4, -0.2) is 42.9 Å². The van der Waals surface area contributed by atoms with Gasteiger partial charge in [-0.3, -0.25) is 15.1 Å². The van der Waals surface area contributed by atoms with Crippen LogP contribution in [0.25, 0.3) is 0 Å². The van der Waals surface area contributed by atoms with Gasteiger partial charge in [0, 0.05) is 44.2 Å². The molecule has 1 aromatic heterocycles. The number of nitro groups is 1. The summed E-state index contributed by atoms with van der Waals surface area (Å²) < 4.78 is 27.8. The minimum atomic E-state index is -3.80. The van der Waals surface area contributed by atoms with Crippen molar-refractivity contribution < 1.29 is 13.3 Å². The molecule has 9 nitrogen and oxygen atoms in total. The van der Waals surface area contributed by atoms with Gasteiger partial charge in [0.25, 0.3) is 5.69 Å². The van der Waals surface area contributed by atoms with E-state index < -0.39 is 14.9 Å². The van der Waals surface area contributed by atoms with Crippen LogP contribution in [0.4, 0.5) is 11.5 Å². The summed E-state index contributed by atoms with van der Waals surface area (Å²) in [5.41, 5.74) is 0.240. The number of nitro benzene ring substituents is 1. The van der Waals surface area contributed by atoms with Crippen molar-refractivity contribution in [2.24, 2.45) is 5.92 Å². The average molecular weight is 391 g/mol. The summed E-state index contributed by atoms with van der Waals surface area (Å²) >= 11 is 0. The van der Waals surface area contributed by atoms with E-state index in [0.29, 0.717) is 12.1 Å². The Morgan fingerprint density at radius 2 is 2.04 bits per heavy atom. The van der Waals surface area contributed by atoms with Crippen LogP contribution in [0.1, 0.15) is 18.4 Å². The first-order valence-electron chi connectivity index (χ1n) is 8.62. The number of hydrogen-bond donors (Lipinski definition) is 1. The van der Waals surface area contributed by atoms with Gasteiger partial charge in [-0.2, -0.15) is 0 Å². The fraction of sp³-hybridized carbons (Fsp3) is 0.412. The van der Waals surface area contributed by atoms with Crippen molar-refractivity contribution in [1.29, 1.82) is 0 Å². The zero-order chi connectivity index (χ0) is 19.4. The van der Waals surface area contributed by atoms with Gasteiger partial charge in [0.1, 0.15) is 5.82 Å². The Kier molecular flexibility index (Phi) is 5.66. The van der Waals surface area contributed by atoms with Gasteiger partial charge >= 0.3 is 0 Å². The highest BCUT2D eigenvalue weighted by Crippen LogP contribution is 2.23. The standard InChI is InChI=1S/C17H21N5O4S/c1-13-2-3-15(22(23)24)10-16(13)27(25,26)20-11-14-4-8-21(9-5-14)17-12-18-6-7-19-17/h2-3,6-7,10,12,14,20H,4-5,8-9,11H2,1H3. The van der Waals surface area contributed by atoms with Gasteiger partial charge in [-0.25, -0.2) is 18.1 Å². The Morgan fingerprint density at radius 1 is 1.30 bits per heavy atom. The molecule has 0 aliphatic carbocycles. The molecule has 2 aromatic rings. The van der Waals surface area contributed by atoms with Gasteiger partial charge in [0.2, 0.25) is 10.0 Å². The summed E-state index contributed by atoms with van der Waals surface area (Å²) in [5, 5.41) is 10.9. The van der Waals surface area contributed by atoms with Crippen LogP contribution in [0.2, 0.25) is 0 Å². The molecule has 1 aliphatic rings. The van der Waals surface area contributed by atoms with E-state index in [0.717, 1.165) is 37.8 Å². The average Bonchev–Trinajstić information content (AvgIpc) is 2.67. The second kappa shape index (κ2) is 7.97. The molecule has 144 valence electrons. The summed E-state index contributed by atoms with van der Waals surface area (Å²) in [6, 6.07) is 3.86. The van der Waals surface area contributed by atoms with Crippen LogP contribution in [0, 0.1) is 23.0 Å². The molecule has 3 rings (SSSR count). The molecule has 27 heavy (non-hydrogen) atoms. The maximum Gasteiger partial charge on any atom is 0.270 e. The van der Waals surface area contributed by atoms with Crippen molar-refractivity contribution in [2.45, 2.75) is 24.7 Å². The van der Waals surface area contributed by atoms with Gasteiger partial charge < -0.3 is 4.90 Å². The molecule has 1 fully saturated rings. The quantitative estimate of drug-likeness (QED) is 0.590. The molecule has 1 saturated heterocycles. The zero-order valence-electron chi connectivity index (χ0n) is 14.9. The summed E-state index contributed by atoms with van der Waals surface area (Å²) in [6.07, 6.45) is 6.64. The minimum Gasteiger partial charge on any atom is -0.355 e. The van der Waals surface area contributed by atoms with Crippen molar-refractivity contribution in [3.05, 3.63) is 52.5 Å². The molecule has 0 amide bonds. The van der Waals surface area contributed by atoms with E-state index in [1.165, 1.54) is 12.1 Å². The Bertz CT molecular complexity index is 912. The molecule has 0 radical (unpaired) electrons. The first-order valence-corrected chi connectivity index (χ1v) is 10.1. The molecule has 0 unspecified atom stereocenters. The van der Waals surface area contributed by atoms with Crippen LogP contribution in [0.15, 0.2) is 41.7 Å². The number of piperidine rings is 1. The largest absolute Gasteiger partial charge is 0.355 e. The van der Waals surface area contributed by atoms with Crippen LogP contribution in [0.3, 0.4) is 0 Å². The number of anilines is 1. The Morgan fingerprint density at radius 3 is 2.67 bits per heavy atom. The summed E-state index contributed by atoms with van der Waals surface area (Å²) in [6.45, 7) is 3.48.